The van der Waals surface area contributed by atoms with E-state index in [0.717, 1.165) is 12.2 Å². The molecule has 2 aromatic rings. The van der Waals surface area contributed by atoms with Crippen LogP contribution >= 0.6 is 0 Å². The molecule has 1 aliphatic rings. The highest BCUT2D eigenvalue weighted by atomic mass is 15.3. The fraction of sp³-hybridized carbons (Fsp3) is 0.438. The van der Waals surface area contributed by atoms with Crippen LogP contribution < -0.4 is 5.32 Å². The predicted molar refractivity (Wildman–Crippen MR) is 77.6 cm³/mol. The van der Waals surface area contributed by atoms with Gasteiger partial charge >= 0.3 is 0 Å². The van der Waals surface area contributed by atoms with Gasteiger partial charge in [-0.1, -0.05) is 19.9 Å². The summed E-state index contributed by atoms with van der Waals surface area (Å²) in [6.45, 7) is 5.13. The predicted octanol–water partition coefficient (Wildman–Crippen LogP) is 2.86. The molecule has 0 saturated heterocycles. The molecule has 3 heteroatoms. The highest BCUT2D eigenvalue weighted by molar-refractivity contribution is 5.42. The van der Waals surface area contributed by atoms with E-state index in [1.165, 1.54) is 36.1 Å². The number of aryl methyl sites for hydroxylation is 2. The van der Waals surface area contributed by atoms with Gasteiger partial charge in [0.25, 0.3) is 0 Å². The number of fused-ring (bicyclic) bond motifs is 1. The molecule has 0 unspecified atom stereocenters. The minimum absolute atomic E-state index is 0.491. The van der Waals surface area contributed by atoms with E-state index < -0.39 is 0 Å². The van der Waals surface area contributed by atoms with E-state index in [1.54, 1.807) is 0 Å². The number of hydrogen-bond acceptors (Lipinski definition) is 2. The Kier molecular flexibility index (Phi) is 3.38. The van der Waals surface area contributed by atoms with Crippen LogP contribution in [0, 0.1) is 0 Å². The first-order chi connectivity index (χ1) is 9.22. The molecule has 0 bridgehead atoms. The highest BCUT2D eigenvalue weighted by Crippen LogP contribution is 2.24. The molecule has 3 rings (SSSR count). The summed E-state index contributed by atoms with van der Waals surface area (Å²) >= 11 is 0. The fourth-order valence-corrected chi connectivity index (χ4v) is 2.61. The Labute approximate surface area is 114 Å². The second kappa shape index (κ2) is 5.17. The van der Waals surface area contributed by atoms with E-state index in [1.807, 2.05) is 10.9 Å². The Balaban J connectivity index is 1.79. The zero-order chi connectivity index (χ0) is 13.2. The smallest absolute Gasteiger partial charge is 0.0766 e. The molecule has 1 aromatic carbocycles. The molecule has 0 amide bonds. The molecule has 0 fully saturated rings. The lowest BCUT2D eigenvalue weighted by Crippen LogP contribution is -2.22. The topological polar surface area (TPSA) is 29.9 Å². The van der Waals surface area contributed by atoms with Gasteiger partial charge in [0.1, 0.15) is 0 Å². The molecule has 0 aliphatic heterocycles. The van der Waals surface area contributed by atoms with Crippen LogP contribution in [0.1, 0.15) is 37.1 Å². The summed E-state index contributed by atoms with van der Waals surface area (Å²) in [4.78, 5) is 0. The first kappa shape index (κ1) is 12.4. The maximum atomic E-state index is 4.63. The van der Waals surface area contributed by atoms with Crippen molar-refractivity contribution in [1.82, 2.24) is 15.1 Å². The number of hydrogen-bond donors (Lipinski definition) is 1. The van der Waals surface area contributed by atoms with Crippen molar-refractivity contribution >= 4 is 0 Å². The van der Waals surface area contributed by atoms with Crippen molar-refractivity contribution in [3.63, 3.8) is 0 Å². The van der Waals surface area contributed by atoms with Crippen LogP contribution in [-0.2, 0) is 19.4 Å². The van der Waals surface area contributed by atoms with Gasteiger partial charge in [-0.2, -0.15) is 5.10 Å². The molecular formula is C16H21N3. The molecule has 1 aliphatic carbocycles. The van der Waals surface area contributed by atoms with E-state index in [0.29, 0.717) is 6.04 Å². The lowest BCUT2D eigenvalue weighted by Gasteiger charge is -2.06. The van der Waals surface area contributed by atoms with Crippen LogP contribution in [0.3, 0.4) is 0 Å². The van der Waals surface area contributed by atoms with Crippen molar-refractivity contribution < 1.29 is 0 Å². The van der Waals surface area contributed by atoms with Crippen molar-refractivity contribution in [1.29, 1.82) is 0 Å². The molecule has 0 radical (unpaired) electrons. The SMILES string of the molecule is CC(C)NCc1ccn(-c2ccc3c(c2)CCC3)n1. The van der Waals surface area contributed by atoms with Gasteiger partial charge in [0.05, 0.1) is 11.4 Å². The lowest BCUT2D eigenvalue weighted by atomic mass is 10.1. The van der Waals surface area contributed by atoms with Crippen LogP contribution in [0.4, 0.5) is 0 Å². The first-order valence-corrected chi connectivity index (χ1v) is 7.12. The van der Waals surface area contributed by atoms with Crippen molar-refractivity contribution in [2.75, 3.05) is 0 Å². The van der Waals surface area contributed by atoms with E-state index >= 15 is 0 Å². The maximum absolute atomic E-state index is 4.63. The van der Waals surface area contributed by atoms with Crippen molar-refractivity contribution in [2.45, 2.75) is 45.7 Å². The number of nitrogens with one attached hydrogen (secondary N) is 1. The Morgan fingerprint density at radius 3 is 2.89 bits per heavy atom. The summed E-state index contributed by atoms with van der Waals surface area (Å²) in [7, 11) is 0. The normalized spacial score (nSPS) is 14.1. The van der Waals surface area contributed by atoms with Crippen LogP contribution in [0.5, 0.6) is 0 Å². The largest absolute Gasteiger partial charge is 0.309 e. The number of rotatable bonds is 4. The summed E-state index contributed by atoms with van der Waals surface area (Å²) in [6.07, 6.45) is 5.79. The Bertz CT molecular complexity index is 569. The number of nitrogens with zero attached hydrogens (tertiary/aromatic N) is 2. The zero-order valence-corrected chi connectivity index (χ0v) is 11.7. The van der Waals surface area contributed by atoms with Crippen LogP contribution in [-0.4, -0.2) is 15.8 Å². The van der Waals surface area contributed by atoms with Crippen LogP contribution in [0.2, 0.25) is 0 Å². The Hall–Kier alpha value is -1.61. The summed E-state index contributed by atoms with van der Waals surface area (Å²) < 4.78 is 1.98. The third-order valence-electron chi connectivity index (χ3n) is 3.68. The summed E-state index contributed by atoms with van der Waals surface area (Å²) in [6, 6.07) is 9.30. The third kappa shape index (κ3) is 2.71. The van der Waals surface area contributed by atoms with E-state index in [4.69, 9.17) is 0 Å². The zero-order valence-electron chi connectivity index (χ0n) is 11.7. The van der Waals surface area contributed by atoms with Gasteiger partial charge in [-0.3, -0.25) is 0 Å². The van der Waals surface area contributed by atoms with E-state index in [-0.39, 0.29) is 0 Å². The molecule has 1 N–H and O–H groups in total. The number of aromatic nitrogens is 2. The maximum Gasteiger partial charge on any atom is 0.0766 e. The van der Waals surface area contributed by atoms with Gasteiger partial charge in [-0.15, -0.1) is 0 Å². The van der Waals surface area contributed by atoms with Gasteiger partial charge in [0.2, 0.25) is 0 Å². The average molecular weight is 255 g/mol. The Morgan fingerprint density at radius 2 is 2.05 bits per heavy atom. The van der Waals surface area contributed by atoms with E-state index in [9.17, 15) is 0 Å². The summed E-state index contributed by atoms with van der Waals surface area (Å²) in [5.74, 6) is 0. The second-order valence-corrected chi connectivity index (χ2v) is 5.59. The van der Waals surface area contributed by atoms with Gasteiger partial charge in [0.15, 0.2) is 0 Å². The monoisotopic (exact) mass is 255 g/mol. The molecule has 1 heterocycles. The Morgan fingerprint density at radius 1 is 1.21 bits per heavy atom. The quantitative estimate of drug-likeness (QED) is 0.910. The van der Waals surface area contributed by atoms with Crippen LogP contribution in [0.25, 0.3) is 5.69 Å². The average Bonchev–Trinajstić information content (AvgIpc) is 3.04. The molecule has 1 aromatic heterocycles. The van der Waals surface area contributed by atoms with E-state index in [2.05, 4.69) is 48.5 Å². The van der Waals surface area contributed by atoms with Crippen molar-refractivity contribution in [2.24, 2.45) is 0 Å². The van der Waals surface area contributed by atoms with Gasteiger partial charge in [0, 0.05) is 18.8 Å². The third-order valence-corrected chi connectivity index (χ3v) is 3.68. The fourth-order valence-electron chi connectivity index (χ4n) is 2.61. The van der Waals surface area contributed by atoms with Gasteiger partial charge in [-0.25, -0.2) is 4.68 Å². The molecule has 0 atom stereocenters. The molecule has 19 heavy (non-hydrogen) atoms. The molecular weight excluding hydrogens is 234 g/mol. The minimum atomic E-state index is 0.491. The molecule has 3 nitrogen and oxygen atoms in total. The van der Waals surface area contributed by atoms with Gasteiger partial charge in [-0.05, 0) is 48.6 Å². The molecule has 100 valence electrons. The molecule has 0 saturated carbocycles. The highest BCUT2D eigenvalue weighted by Gasteiger charge is 2.11. The second-order valence-electron chi connectivity index (χ2n) is 5.59. The van der Waals surface area contributed by atoms with Crippen LogP contribution in [0.15, 0.2) is 30.5 Å². The van der Waals surface area contributed by atoms with Crippen molar-refractivity contribution in [3.8, 4) is 5.69 Å². The first-order valence-electron chi connectivity index (χ1n) is 7.12. The summed E-state index contributed by atoms with van der Waals surface area (Å²) in [5, 5.41) is 8.02. The van der Waals surface area contributed by atoms with Gasteiger partial charge < -0.3 is 5.32 Å². The lowest BCUT2D eigenvalue weighted by molar-refractivity contribution is 0.578. The standard InChI is InChI=1S/C16H21N3/c1-12(2)17-11-15-8-9-19(18-15)16-7-6-13-4-3-5-14(13)10-16/h6-10,12,17H,3-5,11H2,1-2H3. The van der Waals surface area contributed by atoms with Crippen molar-refractivity contribution in [3.05, 3.63) is 47.3 Å². The minimum Gasteiger partial charge on any atom is -0.309 e. The summed E-state index contributed by atoms with van der Waals surface area (Å²) in [5.41, 5.74) is 5.28. The number of benzene rings is 1. The molecule has 0 spiro atoms.